The highest BCUT2D eigenvalue weighted by atomic mass is 16.4. The quantitative estimate of drug-likeness (QED) is 0.636. The van der Waals surface area contributed by atoms with Crippen LogP contribution in [0.15, 0.2) is 12.2 Å². The summed E-state index contributed by atoms with van der Waals surface area (Å²) >= 11 is 0. The molecule has 1 fully saturated rings. The monoisotopic (exact) mass is 166 g/mol. The van der Waals surface area contributed by atoms with E-state index in [0.29, 0.717) is 17.8 Å². The van der Waals surface area contributed by atoms with Crippen LogP contribution in [-0.2, 0) is 4.79 Å². The van der Waals surface area contributed by atoms with Crippen LogP contribution in [0, 0.1) is 23.7 Å². The number of rotatable bonds is 2. The molecule has 1 saturated carbocycles. The lowest BCUT2D eigenvalue weighted by molar-refractivity contribution is -0.143. The van der Waals surface area contributed by atoms with Gasteiger partial charge in [-0.2, -0.15) is 0 Å². The molecule has 2 aliphatic carbocycles. The SMILES string of the molecule is CC(C(=O)O)C1CC2C=CC1C2. The molecular weight excluding hydrogens is 152 g/mol. The number of aliphatic carboxylic acids is 1. The van der Waals surface area contributed by atoms with E-state index in [9.17, 15) is 4.79 Å². The lowest BCUT2D eigenvalue weighted by Crippen LogP contribution is -2.23. The molecule has 4 unspecified atom stereocenters. The van der Waals surface area contributed by atoms with E-state index in [4.69, 9.17) is 5.11 Å². The fourth-order valence-corrected chi connectivity index (χ4v) is 2.58. The van der Waals surface area contributed by atoms with Crippen LogP contribution >= 0.6 is 0 Å². The van der Waals surface area contributed by atoms with Gasteiger partial charge < -0.3 is 5.11 Å². The molecule has 1 N–H and O–H groups in total. The van der Waals surface area contributed by atoms with Crippen molar-refractivity contribution in [3.8, 4) is 0 Å². The van der Waals surface area contributed by atoms with Gasteiger partial charge in [0.1, 0.15) is 0 Å². The Bertz CT molecular complexity index is 232. The standard InChI is InChI=1S/C10H14O2/c1-6(10(11)12)9-5-7-2-3-8(9)4-7/h2-3,6-9H,4-5H2,1H3,(H,11,12). The lowest BCUT2D eigenvalue weighted by atomic mass is 9.83. The maximum atomic E-state index is 10.7. The Kier molecular flexibility index (Phi) is 1.71. The number of carboxylic acid groups (broad SMARTS) is 1. The molecule has 2 nitrogen and oxygen atoms in total. The van der Waals surface area contributed by atoms with E-state index in [0.717, 1.165) is 6.42 Å². The number of allylic oxidation sites excluding steroid dienone is 2. The van der Waals surface area contributed by atoms with E-state index >= 15 is 0 Å². The number of hydrogen-bond acceptors (Lipinski definition) is 1. The third-order valence-electron chi connectivity index (χ3n) is 3.36. The predicted octanol–water partition coefficient (Wildman–Crippen LogP) is 1.92. The van der Waals surface area contributed by atoms with Gasteiger partial charge in [0.15, 0.2) is 0 Å². The van der Waals surface area contributed by atoms with Gasteiger partial charge in [0.05, 0.1) is 5.92 Å². The summed E-state index contributed by atoms with van der Waals surface area (Å²) < 4.78 is 0. The van der Waals surface area contributed by atoms with Crippen molar-refractivity contribution in [2.45, 2.75) is 19.8 Å². The van der Waals surface area contributed by atoms with Crippen LogP contribution in [0.25, 0.3) is 0 Å². The molecule has 0 radical (unpaired) electrons. The first-order valence-corrected chi connectivity index (χ1v) is 4.59. The third kappa shape index (κ3) is 1.06. The molecule has 2 bridgehead atoms. The lowest BCUT2D eigenvalue weighted by Gasteiger charge is -2.21. The van der Waals surface area contributed by atoms with Crippen molar-refractivity contribution in [2.75, 3.05) is 0 Å². The molecule has 0 aliphatic heterocycles. The van der Waals surface area contributed by atoms with E-state index in [1.807, 2.05) is 6.92 Å². The zero-order valence-electron chi connectivity index (χ0n) is 7.23. The third-order valence-corrected chi connectivity index (χ3v) is 3.36. The Labute approximate surface area is 72.3 Å². The van der Waals surface area contributed by atoms with Crippen LogP contribution in [0.5, 0.6) is 0 Å². The van der Waals surface area contributed by atoms with Gasteiger partial charge in [0, 0.05) is 0 Å². The summed E-state index contributed by atoms with van der Waals surface area (Å²) in [5.74, 6) is 0.839. The second kappa shape index (κ2) is 2.61. The van der Waals surface area contributed by atoms with Gasteiger partial charge in [-0.25, -0.2) is 0 Å². The van der Waals surface area contributed by atoms with Crippen molar-refractivity contribution in [2.24, 2.45) is 23.7 Å². The van der Waals surface area contributed by atoms with Crippen molar-refractivity contribution in [3.63, 3.8) is 0 Å². The summed E-state index contributed by atoms with van der Waals surface area (Å²) in [7, 11) is 0. The molecule has 0 aromatic rings. The van der Waals surface area contributed by atoms with Crippen molar-refractivity contribution in [1.29, 1.82) is 0 Å². The first kappa shape index (κ1) is 7.84. The Morgan fingerprint density at radius 2 is 2.25 bits per heavy atom. The highest BCUT2D eigenvalue weighted by Gasteiger charge is 2.40. The van der Waals surface area contributed by atoms with E-state index in [2.05, 4.69) is 12.2 Å². The number of carbonyl (C=O) groups is 1. The Morgan fingerprint density at radius 1 is 1.50 bits per heavy atom. The minimum absolute atomic E-state index is 0.162. The summed E-state index contributed by atoms with van der Waals surface area (Å²) in [4.78, 5) is 10.7. The van der Waals surface area contributed by atoms with Gasteiger partial charge in [-0.3, -0.25) is 4.79 Å². The molecule has 4 atom stereocenters. The fourth-order valence-electron chi connectivity index (χ4n) is 2.58. The number of carboxylic acids is 1. The van der Waals surface area contributed by atoms with Crippen LogP contribution in [-0.4, -0.2) is 11.1 Å². The zero-order valence-corrected chi connectivity index (χ0v) is 7.23. The Morgan fingerprint density at radius 3 is 2.67 bits per heavy atom. The number of hydrogen-bond donors (Lipinski definition) is 1. The van der Waals surface area contributed by atoms with Gasteiger partial charge >= 0.3 is 5.97 Å². The molecule has 0 spiro atoms. The fraction of sp³-hybridized carbons (Fsp3) is 0.700. The minimum atomic E-state index is -0.638. The van der Waals surface area contributed by atoms with E-state index in [-0.39, 0.29) is 5.92 Å². The molecule has 0 heterocycles. The van der Waals surface area contributed by atoms with Crippen molar-refractivity contribution >= 4 is 5.97 Å². The summed E-state index contributed by atoms with van der Waals surface area (Å²) in [5.41, 5.74) is 0. The Balaban J connectivity index is 2.07. The van der Waals surface area contributed by atoms with Crippen LogP contribution in [0.1, 0.15) is 19.8 Å². The Hall–Kier alpha value is -0.790. The van der Waals surface area contributed by atoms with Gasteiger partial charge in [0.25, 0.3) is 0 Å². The van der Waals surface area contributed by atoms with Crippen molar-refractivity contribution in [1.82, 2.24) is 0 Å². The van der Waals surface area contributed by atoms with Crippen LogP contribution in [0.2, 0.25) is 0 Å². The van der Waals surface area contributed by atoms with E-state index in [1.54, 1.807) is 0 Å². The number of fused-ring (bicyclic) bond motifs is 2. The highest BCUT2D eigenvalue weighted by molar-refractivity contribution is 5.70. The first-order valence-electron chi connectivity index (χ1n) is 4.59. The minimum Gasteiger partial charge on any atom is -0.481 e. The van der Waals surface area contributed by atoms with Crippen molar-refractivity contribution < 1.29 is 9.90 Å². The van der Waals surface area contributed by atoms with Gasteiger partial charge in [-0.05, 0) is 30.6 Å². The highest BCUT2D eigenvalue weighted by Crippen LogP contribution is 2.46. The molecule has 2 rings (SSSR count). The molecule has 2 heteroatoms. The van der Waals surface area contributed by atoms with Gasteiger partial charge in [-0.1, -0.05) is 19.1 Å². The van der Waals surface area contributed by atoms with Crippen molar-refractivity contribution in [3.05, 3.63) is 12.2 Å². The molecule has 0 saturated heterocycles. The largest absolute Gasteiger partial charge is 0.481 e. The van der Waals surface area contributed by atoms with Gasteiger partial charge in [0.2, 0.25) is 0 Å². The second-order valence-corrected chi connectivity index (χ2v) is 4.07. The molecule has 0 aromatic carbocycles. The summed E-state index contributed by atoms with van der Waals surface area (Å²) in [5, 5.41) is 8.85. The molecule has 2 aliphatic rings. The van der Waals surface area contributed by atoms with Gasteiger partial charge in [-0.15, -0.1) is 0 Å². The summed E-state index contributed by atoms with van der Waals surface area (Å²) in [6.45, 7) is 1.83. The summed E-state index contributed by atoms with van der Waals surface area (Å²) in [6.07, 6.45) is 6.74. The molecule has 0 aromatic heterocycles. The zero-order chi connectivity index (χ0) is 8.72. The maximum absolute atomic E-state index is 10.7. The van der Waals surface area contributed by atoms with E-state index in [1.165, 1.54) is 6.42 Å². The van der Waals surface area contributed by atoms with Crippen LogP contribution < -0.4 is 0 Å². The first-order chi connectivity index (χ1) is 5.68. The summed E-state index contributed by atoms with van der Waals surface area (Å²) in [6, 6.07) is 0. The molecule has 66 valence electrons. The van der Waals surface area contributed by atoms with Crippen LogP contribution in [0.3, 0.4) is 0 Å². The average molecular weight is 166 g/mol. The average Bonchev–Trinajstić information content (AvgIpc) is 2.62. The topological polar surface area (TPSA) is 37.3 Å². The smallest absolute Gasteiger partial charge is 0.306 e. The maximum Gasteiger partial charge on any atom is 0.306 e. The molecular formula is C10H14O2. The normalized spacial score (nSPS) is 40.2. The molecule has 12 heavy (non-hydrogen) atoms. The second-order valence-electron chi connectivity index (χ2n) is 4.07. The van der Waals surface area contributed by atoms with E-state index < -0.39 is 5.97 Å². The van der Waals surface area contributed by atoms with Crippen LogP contribution in [0.4, 0.5) is 0 Å². The molecule has 0 amide bonds. The predicted molar refractivity (Wildman–Crippen MR) is 45.6 cm³/mol.